The van der Waals surface area contributed by atoms with E-state index in [2.05, 4.69) is 91.0 Å². The summed E-state index contributed by atoms with van der Waals surface area (Å²) < 4.78 is 57.5. The first-order chi connectivity index (χ1) is 17.7. The Bertz CT molecular complexity index is 1450. The number of rotatable bonds is 6. The molecule has 0 spiro atoms. The second-order valence-electron chi connectivity index (χ2n) is 8.20. The van der Waals surface area contributed by atoms with Crippen molar-refractivity contribution >= 4 is 31.8 Å². The number of halogens is 2. The van der Waals surface area contributed by atoms with Gasteiger partial charge in [-0.1, -0.05) is 97.1 Å². The molecule has 0 amide bonds. The smallest absolute Gasteiger partial charge is 0.338 e. The molecule has 188 valence electrons. The summed E-state index contributed by atoms with van der Waals surface area (Å²) in [5.41, 5.74) is 0.109. The van der Waals surface area contributed by atoms with Crippen LogP contribution in [0.15, 0.2) is 148 Å². The number of benzene rings is 5. The maximum Gasteiger partial charge on any atom is 0.338 e. The predicted molar refractivity (Wildman–Crippen MR) is 144 cm³/mol. The van der Waals surface area contributed by atoms with Gasteiger partial charge in [0.1, 0.15) is 0 Å². The van der Waals surface area contributed by atoms with E-state index in [0.29, 0.717) is 5.39 Å². The molecule has 0 N–H and O–H groups in total. The second kappa shape index (κ2) is 11.7. The average molecular weight is 535 g/mol. The lowest BCUT2D eigenvalue weighted by atomic mass is 10.1. The SMILES string of the molecule is O=S(=O)([O-])C(F)(F)Cc1ccc2ccccc2c1.c1ccc([S+](c2ccccc2)c2ccccc2)cc1. The molecular weight excluding hydrogens is 510 g/mol. The van der Waals surface area contributed by atoms with Crippen LogP contribution in [-0.4, -0.2) is 18.2 Å². The fraction of sp³-hybridized carbons (Fsp3) is 0.0667. The van der Waals surface area contributed by atoms with Crippen LogP contribution in [-0.2, 0) is 27.4 Å². The van der Waals surface area contributed by atoms with E-state index in [1.807, 2.05) is 6.07 Å². The highest BCUT2D eigenvalue weighted by Crippen LogP contribution is 2.30. The van der Waals surface area contributed by atoms with Crippen molar-refractivity contribution in [2.75, 3.05) is 0 Å². The number of alkyl halides is 2. The van der Waals surface area contributed by atoms with Crippen LogP contribution in [0.3, 0.4) is 0 Å². The van der Waals surface area contributed by atoms with Crippen LogP contribution in [0.4, 0.5) is 8.78 Å². The van der Waals surface area contributed by atoms with Gasteiger partial charge in [-0.05, 0) is 52.7 Å². The molecule has 0 unspecified atom stereocenters. The monoisotopic (exact) mass is 534 g/mol. The lowest BCUT2D eigenvalue weighted by Crippen LogP contribution is -2.30. The zero-order chi connectivity index (χ0) is 26.3. The van der Waals surface area contributed by atoms with Crippen molar-refractivity contribution < 1.29 is 21.8 Å². The molecule has 7 heteroatoms. The molecule has 0 atom stereocenters. The number of hydrogen-bond acceptors (Lipinski definition) is 3. The predicted octanol–water partition coefficient (Wildman–Crippen LogP) is 7.30. The highest BCUT2D eigenvalue weighted by Gasteiger charge is 2.37. The molecule has 0 aliphatic rings. The summed E-state index contributed by atoms with van der Waals surface area (Å²) in [6.07, 6.45) is -1.11. The first kappa shape index (κ1) is 26.5. The summed E-state index contributed by atoms with van der Waals surface area (Å²) in [5, 5.41) is -2.71. The first-order valence-corrected chi connectivity index (χ1v) is 14.1. The highest BCUT2D eigenvalue weighted by molar-refractivity contribution is 7.97. The maximum atomic E-state index is 13.1. The molecule has 5 aromatic carbocycles. The van der Waals surface area contributed by atoms with Crippen molar-refractivity contribution in [3.05, 3.63) is 139 Å². The Morgan fingerprint density at radius 2 is 1.00 bits per heavy atom. The Balaban J connectivity index is 0.000000173. The van der Waals surface area contributed by atoms with Crippen LogP contribution in [0.2, 0.25) is 0 Å². The molecule has 3 nitrogen and oxygen atoms in total. The number of hydrogen-bond donors (Lipinski definition) is 0. The number of fused-ring (bicyclic) bond motifs is 1. The Kier molecular flexibility index (Phi) is 8.38. The molecule has 5 rings (SSSR count). The second-order valence-corrected chi connectivity index (χ2v) is 11.7. The third kappa shape index (κ3) is 6.83. The van der Waals surface area contributed by atoms with Gasteiger partial charge >= 0.3 is 5.25 Å². The largest absolute Gasteiger partial charge is 0.743 e. The summed E-state index contributed by atoms with van der Waals surface area (Å²) in [7, 11) is -5.65. The molecule has 0 fully saturated rings. The van der Waals surface area contributed by atoms with Gasteiger partial charge in [0.2, 0.25) is 0 Å². The Morgan fingerprint density at radius 3 is 1.43 bits per heavy atom. The van der Waals surface area contributed by atoms with Crippen LogP contribution in [0.1, 0.15) is 5.56 Å². The van der Waals surface area contributed by atoms with Crippen molar-refractivity contribution in [3.63, 3.8) is 0 Å². The Labute approximate surface area is 218 Å². The summed E-state index contributed by atoms with van der Waals surface area (Å²) in [6, 6.07) is 43.7. The summed E-state index contributed by atoms with van der Waals surface area (Å²) in [4.78, 5) is 4.08. The topological polar surface area (TPSA) is 57.2 Å². The van der Waals surface area contributed by atoms with E-state index < -0.39 is 21.8 Å². The van der Waals surface area contributed by atoms with Gasteiger partial charge in [0.25, 0.3) is 0 Å². The third-order valence-corrected chi connectivity index (χ3v) is 8.63. The van der Waals surface area contributed by atoms with Crippen molar-refractivity contribution in [2.24, 2.45) is 0 Å². The molecule has 0 bridgehead atoms. The van der Waals surface area contributed by atoms with E-state index in [1.165, 1.54) is 26.8 Å². The standard InChI is InChI=1S/C18H15S.C12H10F2O3S/c1-4-10-16(11-5-1)19(17-12-6-2-7-13-17)18-14-8-3-9-15-18;13-12(14,18(15,16)17)8-9-5-6-10-3-1-2-4-11(10)7-9/h1-15H;1-7H,8H2,(H,15,16,17)/q+1;/p-1. The van der Waals surface area contributed by atoms with Crippen LogP contribution < -0.4 is 0 Å². The van der Waals surface area contributed by atoms with Crippen molar-refractivity contribution in [1.82, 2.24) is 0 Å². The molecule has 0 aliphatic carbocycles. The molecule has 37 heavy (non-hydrogen) atoms. The van der Waals surface area contributed by atoms with Crippen molar-refractivity contribution in [1.29, 1.82) is 0 Å². The van der Waals surface area contributed by atoms with Gasteiger partial charge in [-0.25, -0.2) is 8.42 Å². The van der Waals surface area contributed by atoms with E-state index in [4.69, 9.17) is 0 Å². The quantitative estimate of drug-likeness (QED) is 0.170. The van der Waals surface area contributed by atoms with E-state index in [1.54, 1.807) is 24.3 Å². The molecule has 0 saturated heterocycles. The van der Waals surface area contributed by atoms with Crippen LogP contribution >= 0.6 is 0 Å². The zero-order valence-electron chi connectivity index (χ0n) is 19.7. The fourth-order valence-electron chi connectivity index (χ4n) is 3.75. The highest BCUT2D eigenvalue weighted by atomic mass is 32.2. The average Bonchev–Trinajstić information content (AvgIpc) is 2.90. The molecule has 0 heterocycles. The van der Waals surface area contributed by atoms with Gasteiger partial charge in [0.15, 0.2) is 24.8 Å². The van der Waals surface area contributed by atoms with Gasteiger partial charge in [-0.3, -0.25) is 0 Å². The van der Waals surface area contributed by atoms with Gasteiger partial charge in [0.05, 0.1) is 17.3 Å². The van der Waals surface area contributed by atoms with Crippen LogP contribution in [0.5, 0.6) is 0 Å². The summed E-state index contributed by atoms with van der Waals surface area (Å²) in [5.74, 6) is 0. The van der Waals surface area contributed by atoms with Crippen LogP contribution in [0.25, 0.3) is 10.8 Å². The molecule has 0 radical (unpaired) electrons. The van der Waals surface area contributed by atoms with E-state index in [0.717, 1.165) is 5.39 Å². The van der Waals surface area contributed by atoms with E-state index in [9.17, 15) is 21.8 Å². The van der Waals surface area contributed by atoms with Gasteiger partial charge in [-0.2, -0.15) is 8.78 Å². The summed E-state index contributed by atoms with van der Waals surface area (Å²) in [6.45, 7) is 0. The third-order valence-electron chi connectivity index (χ3n) is 5.53. The molecule has 0 saturated carbocycles. The zero-order valence-corrected chi connectivity index (χ0v) is 21.3. The van der Waals surface area contributed by atoms with Crippen LogP contribution in [0, 0.1) is 0 Å². The molecule has 5 aromatic rings. The lowest BCUT2D eigenvalue weighted by Gasteiger charge is -2.19. The van der Waals surface area contributed by atoms with E-state index in [-0.39, 0.29) is 16.5 Å². The minimum Gasteiger partial charge on any atom is -0.743 e. The van der Waals surface area contributed by atoms with Crippen molar-refractivity contribution in [2.45, 2.75) is 26.4 Å². The van der Waals surface area contributed by atoms with Gasteiger partial charge < -0.3 is 4.55 Å². The Hall–Kier alpha value is -3.52. The molecule has 0 aliphatic heterocycles. The lowest BCUT2D eigenvalue weighted by molar-refractivity contribution is 0.0800. The Morgan fingerprint density at radius 1 is 0.595 bits per heavy atom. The fourth-order valence-corrected chi connectivity index (χ4v) is 6.20. The maximum absolute atomic E-state index is 13.1. The van der Waals surface area contributed by atoms with Gasteiger partial charge in [0, 0.05) is 0 Å². The normalized spacial score (nSPS) is 11.7. The summed E-state index contributed by atoms with van der Waals surface area (Å²) >= 11 is 0. The van der Waals surface area contributed by atoms with Gasteiger partial charge in [-0.15, -0.1) is 0 Å². The minimum absolute atomic E-state index is 0.0146. The minimum atomic E-state index is -5.64. The first-order valence-electron chi connectivity index (χ1n) is 11.4. The molecule has 0 aromatic heterocycles. The molecular formula is C30H24F2O3S2. The van der Waals surface area contributed by atoms with Crippen molar-refractivity contribution in [3.8, 4) is 0 Å². The van der Waals surface area contributed by atoms with E-state index >= 15 is 0 Å².